The van der Waals surface area contributed by atoms with Crippen LogP contribution < -0.4 is 16.4 Å². The molecule has 0 aromatic carbocycles. The summed E-state index contributed by atoms with van der Waals surface area (Å²) in [5.41, 5.74) is 14.8. The minimum atomic E-state index is -3.84. The van der Waals surface area contributed by atoms with Crippen LogP contribution in [0.5, 0.6) is 0 Å². The summed E-state index contributed by atoms with van der Waals surface area (Å²) in [7, 11) is -2.29. The summed E-state index contributed by atoms with van der Waals surface area (Å²) < 4.78 is 27.3. The Kier molecular flexibility index (Phi) is 9.45. The number of nitrogens with zero attached hydrogens (tertiary/aromatic N) is 3. The first-order valence-electron chi connectivity index (χ1n) is 8.29. The molecule has 1 aromatic rings. The van der Waals surface area contributed by atoms with Crippen LogP contribution in [-0.4, -0.2) is 54.2 Å². The molecule has 0 bridgehead atoms. The maximum atomic E-state index is 12.0. The highest BCUT2D eigenvalue weighted by molar-refractivity contribution is 7.52. The van der Waals surface area contributed by atoms with Crippen LogP contribution in [0.4, 0.5) is 17.6 Å². The highest BCUT2D eigenvalue weighted by Crippen LogP contribution is 2.42. The number of rotatable bonds is 12. The van der Waals surface area contributed by atoms with Crippen molar-refractivity contribution in [2.75, 3.05) is 49.6 Å². The van der Waals surface area contributed by atoms with Crippen molar-refractivity contribution in [3.63, 3.8) is 0 Å². The van der Waals surface area contributed by atoms with Crippen LogP contribution in [0.3, 0.4) is 0 Å². The molecule has 1 aromatic heterocycles. The predicted molar refractivity (Wildman–Crippen MR) is 104 cm³/mol. The van der Waals surface area contributed by atoms with E-state index in [4.69, 9.17) is 25.5 Å². The van der Waals surface area contributed by atoms with Gasteiger partial charge in [0, 0.05) is 25.5 Å². The van der Waals surface area contributed by atoms with Gasteiger partial charge >= 0.3 is 7.60 Å². The largest absolute Gasteiger partial charge is 0.385 e. The Labute approximate surface area is 159 Å². The standard InChI is InChI=1S/C16H28N5O5P/c1-5-7-21(15-13(3)14(17)19-16(18)20-15)10-12(2)25-11-27(22,23)26-9-6-8-24-4/h7,12H,1,6,8-11H2,2-4H3,(H,22,23)(H4,17,18,19,20)/t12-/m1/s1. The number of aromatic nitrogens is 2. The fourth-order valence-electron chi connectivity index (χ4n) is 2.13. The van der Waals surface area contributed by atoms with Crippen molar-refractivity contribution in [2.24, 2.45) is 0 Å². The lowest BCUT2D eigenvalue weighted by Crippen LogP contribution is -2.30. The molecule has 0 aliphatic heterocycles. The molecule has 0 saturated heterocycles. The van der Waals surface area contributed by atoms with Crippen molar-refractivity contribution in [1.82, 2.24) is 9.97 Å². The lowest BCUT2D eigenvalue weighted by molar-refractivity contribution is 0.0861. The summed E-state index contributed by atoms with van der Waals surface area (Å²) in [5.74, 6) is 0.779. The van der Waals surface area contributed by atoms with E-state index in [0.29, 0.717) is 31.0 Å². The van der Waals surface area contributed by atoms with Crippen molar-refractivity contribution in [2.45, 2.75) is 26.4 Å². The first kappa shape index (κ1) is 23.1. The number of anilines is 3. The molecule has 0 spiro atoms. The number of ether oxygens (including phenoxy) is 2. The van der Waals surface area contributed by atoms with E-state index in [1.54, 1.807) is 32.1 Å². The second-order valence-corrected chi connectivity index (χ2v) is 7.62. The Morgan fingerprint density at radius 3 is 2.74 bits per heavy atom. The van der Waals surface area contributed by atoms with Crippen LogP contribution in [0.1, 0.15) is 18.9 Å². The van der Waals surface area contributed by atoms with Gasteiger partial charge in [-0.15, -0.1) is 5.73 Å². The zero-order valence-corrected chi connectivity index (χ0v) is 16.8. The third-order valence-electron chi connectivity index (χ3n) is 3.46. The lowest BCUT2D eigenvalue weighted by atomic mass is 10.2. The Hall–Kier alpha value is -1.93. The van der Waals surface area contributed by atoms with Gasteiger partial charge in [-0.2, -0.15) is 9.97 Å². The van der Waals surface area contributed by atoms with Crippen LogP contribution in [0, 0.1) is 6.92 Å². The molecule has 152 valence electrons. The second kappa shape index (κ2) is 11.0. The van der Waals surface area contributed by atoms with E-state index >= 15 is 0 Å². The minimum Gasteiger partial charge on any atom is -0.385 e. The van der Waals surface area contributed by atoms with Crippen LogP contribution in [0.25, 0.3) is 0 Å². The van der Waals surface area contributed by atoms with Crippen molar-refractivity contribution >= 4 is 25.2 Å². The zero-order valence-electron chi connectivity index (χ0n) is 15.9. The molecule has 0 radical (unpaired) electrons. The van der Waals surface area contributed by atoms with E-state index in [0.717, 1.165) is 0 Å². The molecule has 1 rings (SSSR count). The molecule has 0 amide bonds. The van der Waals surface area contributed by atoms with Crippen LogP contribution in [-0.2, 0) is 18.6 Å². The number of nitrogen functional groups attached to an aromatic ring is 2. The summed E-state index contributed by atoms with van der Waals surface area (Å²) in [6.45, 7) is 7.92. The van der Waals surface area contributed by atoms with Gasteiger partial charge in [-0.3, -0.25) is 4.57 Å². The van der Waals surface area contributed by atoms with Gasteiger partial charge in [0.05, 0.1) is 19.3 Å². The van der Waals surface area contributed by atoms with Crippen LogP contribution in [0.15, 0.2) is 18.5 Å². The molecule has 5 N–H and O–H groups in total. The van der Waals surface area contributed by atoms with E-state index in [-0.39, 0.29) is 18.4 Å². The fraction of sp³-hybridized carbons (Fsp3) is 0.562. The topological polar surface area (TPSA) is 146 Å². The molecule has 0 aliphatic carbocycles. The lowest BCUT2D eigenvalue weighted by Gasteiger charge is -2.25. The van der Waals surface area contributed by atoms with Gasteiger partial charge in [0.2, 0.25) is 5.95 Å². The van der Waals surface area contributed by atoms with Crippen molar-refractivity contribution < 1.29 is 23.5 Å². The number of nitrogens with two attached hydrogens (primary N) is 2. The SMILES string of the molecule is C=C=CN(C[C@@H](C)OCP(=O)(O)OCCCOC)c1nc(N)nc(N)c1C. The summed E-state index contributed by atoms with van der Waals surface area (Å²) in [6.07, 6.45) is 1.22. The van der Waals surface area contributed by atoms with Gasteiger partial charge < -0.3 is 35.3 Å². The molecule has 1 unspecified atom stereocenters. The molecular weight excluding hydrogens is 373 g/mol. The fourth-order valence-corrected chi connectivity index (χ4v) is 3.06. The van der Waals surface area contributed by atoms with E-state index in [2.05, 4.69) is 22.3 Å². The molecule has 0 aliphatic rings. The quantitative estimate of drug-likeness (QED) is 0.268. The third-order valence-corrected chi connectivity index (χ3v) is 4.52. The highest BCUT2D eigenvalue weighted by Gasteiger charge is 2.22. The highest BCUT2D eigenvalue weighted by atomic mass is 31.2. The molecule has 10 nitrogen and oxygen atoms in total. The zero-order chi connectivity index (χ0) is 20.4. The minimum absolute atomic E-state index is 0.0356. The monoisotopic (exact) mass is 401 g/mol. The summed E-state index contributed by atoms with van der Waals surface area (Å²) >= 11 is 0. The third kappa shape index (κ3) is 8.09. The van der Waals surface area contributed by atoms with E-state index in [9.17, 15) is 9.46 Å². The van der Waals surface area contributed by atoms with E-state index in [1.807, 2.05) is 0 Å². The predicted octanol–water partition coefficient (Wildman–Crippen LogP) is 1.66. The normalized spacial score (nSPS) is 14.2. The molecule has 1 heterocycles. The average molecular weight is 401 g/mol. The summed E-state index contributed by atoms with van der Waals surface area (Å²) in [4.78, 5) is 19.6. The Balaban J connectivity index is 2.70. The second-order valence-electron chi connectivity index (χ2n) is 5.82. The van der Waals surface area contributed by atoms with Crippen molar-refractivity contribution in [1.29, 1.82) is 0 Å². The Morgan fingerprint density at radius 1 is 1.41 bits per heavy atom. The molecular formula is C16H28N5O5P. The van der Waals surface area contributed by atoms with Crippen molar-refractivity contribution in [3.05, 3.63) is 24.1 Å². The van der Waals surface area contributed by atoms with Gasteiger partial charge in [0.15, 0.2) is 0 Å². The first-order chi connectivity index (χ1) is 12.7. The Bertz CT molecular complexity index is 711. The first-order valence-corrected chi connectivity index (χ1v) is 10.1. The van der Waals surface area contributed by atoms with Crippen LogP contribution >= 0.6 is 7.60 Å². The Morgan fingerprint density at radius 2 is 2.11 bits per heavy atom. The number of hydrogen-bond acceptors (Lipinski definition) is 9. The molecule has 2 atom stereocenters. The van der Waals surface area contributed by atoms with Gasteiger partial charge in [-0.25, -0.2) is 0 Å². The number of methoxy groups -OCH3 is 1. The van der Waals surface area contributed by atoms with Crippen molar-refractivity contribution in [3.8, 4) is 0 Å². The maximum Gasteiger partial charge on any atom is 0.353 e. The van der Waals surface area contributed by atoms with Gasteiger partial charge in [-0.05, 0) is 20.3 Å². The number of hydrogen-bond donors (Lipinski definition) is 3. The molecule has 0 fully saturated rings. The molecule has 27 heavy (non-hydrogen) atoms. The van der Waals surface area contributed by atoms with E-state index in [1.165, 1.54) is 0 Å². The van der Waals surface area contributed by atoms with Crippen LogP contribution in [0.2, 0.25) is 0 Å². The smallest absolute Gasteiger partial charge is 0.353 e. The van der Waals surface area contributed by atoms with Gasteiger partial charge in [0.25, 0.3) is 0 Å². The molecule has 0 saturated carbocycles. The van der Waals surface area contributed by atoms with Gasteiger partial charge in [-0.1, -0.05) is 6.58 Å². The summed E-state index contributed by atoms with van der Waals surface area (Å²) in [5, 5.41) is 0. The maximum absolute atomic E-state index is 12.0. The summed E-state index contributed by atoms with van der Waals surface area (Å²) in [6, 6.07) is 0. The average Bonchev–Trinajstić information content (AvgIpc) is 2.60. The van der Waals surface area contributed by atoms with Gasteiger partial charge in [0.1, 0.15) is 18.0 Å². The molecule has 11 heteroatoms. The van der Waals surface area contributed by atoms with E-state index < -0.39 is 20.0 Å².